The first-order chi connectivity index (χ1) is 14.6. The molecule has 4 rings (SSSR count). The Balaban J connectivity index is 1.94. The highest BCUT2D eigenvalue weighted by Crippen LogP contribution is 2.43. The molecule has 0 saturated carbocycles. The van der Waals surface area contributed by atoms with Crippen molar-refractivity contribution in [1.82, 2.24) is 14.3 Å². The minimum atomic E-state index is -1.21. The molecule has 0 spiro atoms. The van der Waals surface area contributed by atoms with Gasteiger partial charge in [0, 0.05) is 17.6 Å². The molecule has 1 aliphatic rings. The monoisotopic (exact) mass is 423 g/mol. The molecule has 1 aromatic carbocycles. The fourth-order valence-electron chi connectivity index (χ4n) is 4.10. The van der Waals surface area contributed by atoms with Gasteiger partial charge in [0.1, 0.15) is 16.8 Å². The van der Waals surface area contributed by atoms with Crippen molar-refractivity contribution in [2.75, 3.05) is 6.61 Å². The fourth-order valence-corrected chi connectivity index (χ4v) is 4.10. The van der Waals surface area contributed by atoms with Gasteiger partial charge in [-0.25, -0.2) is 4.79 Å². The molecule has 31 heavy (non-hydrogen) atoms. The van der Waals surface area contributed by atoms with E-state index in [2.05, 4.69) is 34.6 Å². The second kappa shape index (κ2) is 7.55. The smallest absolute Gasteiger partial charge is 0.341 e. The third kappa shape index (κ3) is 3.62. The van der Waals surface area contributed by atoms with E-state index in [-0.39, 0.29) is 17.0 Å². The number of hydrogen-bond donors (Lipinski definition) is 1. The van der Waals surface area contributed by atoms with Crippen LogP contribution in [0.4, 0.5) is 0 Å². The SMILES string of the molecule is CCC(C)COc1cccc2c3n(nc12)CC(C(C)(C)C)n1cc(C(=O)O)c(=O)cc1-3. The van der Waals surface area contributed by atoms with Crippen molar-refractivity contribution in [3.8, 4) is 17.1 Å². The molecule has 164 valence electrons. The zero-order chi connectivity index (χ0) is 22.5. The van der Waals surface area contributed by atoms with Crippen molar-refractivity contribution in [2.24, 2.45) is 11.3 Å². The number of carboxylic acids is 1. The predicted octanol–water partition coefficient (Wildman–Crippen LogP) is 4.59. The van der Waals surface area contributed by atoms with Gasteiger partial charge in [-0.05, 0) is 17.4 Å². The van der Waals surface area contributed by atoms with Crippen LogP contribution < -0.4 is 10.2 Å². The van der Waals surface area contributed by atoms with E-state index in [1.807, 2.05) is 27.4 Å². The van der Waals surface area contributed by atoms with Crippen molar-refractivity contribution >= 4 is 16.9 Å². The highest BCUT2D eigenvalue weighted by atomic mass is 16.5. The summed E-state index contributed by atoms with van der Waals surface area (Å²) in [7, 11) is 0. The third-order valence-corrected chi connectivity index (χ3v) is 6.19. The molecule has 7 heteroatoms. The summed E-state index contributed by atoms with van der Waals surface area (Å²) in [4.78, 5) is 24.2. The summed E-state index contributed by atoms with van der Waals surface area (Å²) in [5, 5.41) is 15.3. The average Bonchev–Trinajstić information content (AvgIpc) is 3.09. The lowest BCUT2D eigenvalue weighted by Crippen LogP contribution is -2.35. The Morgan fingerprint density at radius 2 is 2.10 bits per heavy atom. The molecule has 1 N–H and O–H groups in total. The largest absolute Gasteiger partial charge is 0.491 e. The van der Waals surface area contributed by atoms with Crippen molar-refractivity contribution in [1.29, 1.82) is 0 Å². The van der Waals surface area contributed by atoms with E-state index in [0.29, 0.717) is 24.8 Å². The lowest BCUT2D eigenvalue weighted by molar-refractivity contribution is 0.0693. The minimum absolute atomic E-state index is 0.0625. The van der Waals surface area contributed by atoms with Gasteiger partial charge in [-0.3, -0.25) is 9.48 Å². The van der Waals surface area contributed by atoms with Crippen molar-refractivity contribution in [2.45, 2.75) is 53.6 Å². The van der Waals surface area contributed by atoms with Gasteiger partial charge in [0.2, 0.25) is 0 Å². The second-order valence-electron chi connectivity index (χ2n) is 9.54. The zero-order valence-corrected chi connectivity index (χ0v) is 18.7. The number of carboxylic acid groups (broad SMARTS) is 1. The standard InChI is InChI=1S/C24H29N3O4/c1-6-14(2)13-31-19-9-7-8-15-21(19)25-27-12-20(24(3,4)5)26-11-16(23(29)30)18(28)10-17(26)22(15)27/h7-11,14,20H,6,12-13H2,1-5H3,(H,29,30). The molecule has 0 fully saturated rings. The van der Waals surface area contributed by atoms with Gasteiger partial charge >= 0.3 is 5.97 Å². The third-order valence-electron chi connectivity index (χ3n) is 6.19. The summed E-state index contributed by atoms with van der Waals surface area (Å²) in [6, 6.07) is 7.20. The van der Waals surface area contributed by atoms with Crippen molar-refractivity contribution in [3.05, 3.63) is 46.2 Å². The van der Waals surface area contributed by atoms with Gasteiger partial charge in [0.05, 0.1) is 30.6 Å². The summed E-state index contributed by atoms with van der Waals surface area (Å²) in [6.07, 6.45) is 2.52. The number of carbonyl (C=O) groups is 1. The molecule has 0 aliphatic carbocycles. The van der Waals surface area contributed by atoms with E-state index in [4.69, 9.17) is 9.84 Å². The molecular formula is C24H29N3O4. The van der Waals surface area contributed by atoms with Crippen LogP contribution in [0.2, 0.25) is 0 Å². The van der Waals surface area contributed by atoms with Crippen LogP contribution in [0, 0.1) is 11.3 Å². The maximum Gasteiger partial charge on any atom is 0.341 e. The lowest BCUT2D eigenvalue weighted by atomic mass is 9.85. The summed E-state index contributed by atoms with van der Waals surface area (Å²) < 4.78 is 9.96. The quantitative estimate of drug-likeness (QED) is 0.649. The predicted molar refractivity (Wildman–Crippen MR) is 120 cm³/mol. The van der Waals surface area contributed by atoms with Crippen LogP contribution in [0.3, 0.4) is 0 Å². The minimum Gasteiger partial charge on any atom is -0.491 e. The van der Waals surface area contributed by atoms with E-state index in [1.54, 1.807) is 0 Å². The van der Waals surface area contributed by atoms with Crippen molar-refractivity contribution < 1.29 is 14.6 Å². The number of hydrogen-bond acceptors (Lipinski definition) is 4. The number of fused-ring (bicyclic) bond motifs is 5. The van der Waals surface area contributed by atoms with E-state index in [9.17, 15) is 14.7 Å². The molecule has 2 aromatic heterocycles. The topological polar surface area (TPSA) is 86.3 Å². The fraction of sp³-hybridized carbons (Fsp3) is 0.458. The van der Waals surface area contributed by atoms with E-state index in [0.717, 1.165) is 28.8 Å². The molecule has 0 amide bonds. The van der Waals surface area contributed by atoms with Crippen molar-refractivity contribution in [3.63, 3.8) is 0 Å². The Labute approximate surface area is 181 Å². The molecule has 0 radical (unpaired) electrons. The molecule has 7 nitrogen and oxygen atoms in total. The molecule has 0 bridgehead atoms. The van der Waals surface area contributed by atoms with Crippen LogP contribution in [0.1, 0.15) is 57.4 Å². The number of pyridine rings is 1. The Bertz CT molecular complexity index is 1220. The maximum absolute atomic E-state index is 12.6. The normalized spacial score (nSPS) is 16.6. The Hall–Kier alpha value is -3.09. The molecular weight excluding hydrogens is 394 g/mol. The van der Waals surface area contributed by atoms with E-state index < -0.39 is 11.4 Å². The van der Waals surface area contributed by atoms with E-state index in [1.165, 1.54) is 12.3 Å². The number of nitrogens with zero attached hydrogens (tertiary/aromatic N) is 3. The Kier molecular flexibility index (Phi) is 5.15. The first-order valence-corrected chi connectivity index (χ1v) is 10.7. The van der Waals surface area contributed by atoms with Crippen LogP contribution in [-0.2, 0) is 6.54 Å². The van der Waals surface area contributed by atoms with Gasteiger partial charge in [0.25, 0.3) is 0 Å². The van der Waals surface area contributed by atoms with Crippen LogP contribution in [0.25, 0.3) is 22.3 Å². The van der Waals surface area contributed by atoms with Gasteiger partial charge in [-0.15, -0.1) is 0 Å². The van der Waals surface area contributed by atoms with Gasteiger partial charge in [-0.2, -0.15) is 5.10 Å². The number of aromatic nitrogens is 3. The number of benzene rings is 1. The highest BCUT2D eigenvalue weighted by Gasteiger charge is 2.35. The zero-order valence-electron chi connectivity index (χ0n) is 18.7. The number of ether oxygens (including phenoxy) is 1. The highest BCUT2D eigenvalue weighted by molar-refractivity contribution is 5.96. The summed E-state index contributed by atoms with van der Waals surface area (Å²) in [5.41, 5.74) is 1.37. The molecule has 2 unspecified atom stereocenters. The van der Waals surface area contributed by atoms with Crippen LogP contribution in [0.5, 0.6) is 5.75 Å². The first-order valence-electron chi connectivity index (χ1n) is 10.7. The van der Waals surface area contributed by atoms with E-state index >= 15 is 0 Å². The van der Waals surface area contributed by atoms with Gasteiger partial charge in [0.15, 0.2) is 5.43 Å². The van der Waals surface area contributed by atoms with Gasteiger partial charge in [-0.1, -0.05) is 53.2 Å². The number of rotatable bonds is 5. The molecule has 1 aliphatic heterocycles. The Morgan fingerprint density at radius 3 is 2.74 bits per heavy atom. The average molecular weight is 424 g/mol. The van der Waals surface area contributed by atoms with Crippen LogP contribution in [0.15, 0.2) is 35.3 Å². The van der Waals surface area contributed by atoms with Crippen LogP contribution >= 0.6 is 0 Å². The molecule has 3 heterocycles. The number of aromatic carboxylic acids is 1. The molecule has 0 saturated heterocycles. The Morgan fingerprint density at radius 1 is 1.35 bits per heavy atom. The summed E-state index contributed by atoms with van der Waals surface area (Å²) >= 11 is 0. The molecule has 2 atom stereocenters. The summed E-state index contributed by atoms with van der Waals surface area (Å²) in [5.74, 6) is -0.0489. The second-order valence-corrected chi connectivity index (χ2v) is 9.54. The maximum atomic E-state index is 12.6. The first kappa shape index (κ1) is 21.2. The molecule has 3 aromatic rings. The summed E-state index contributed by atoms with van der Waals surface area (Å²) in [6.45, 7) is 11.8. The van der Waals surface area contributed by atoms with Crippen LogP contribution in [-0.4, -0.2) is 32.0 Å². The van der Waals surface area contributed by atoms with Gasteiger partial charge < -0.3 is 14.4 Å². The lowest BCUT2D eigenvalue weighted by Gasteiger charge is -2.38.